The number of hydrogen-bond acceptors (Lipinski definition) is 2. The van der Waals surface area contributed by atoms with Crippen molar-refractivity contribution in [3.05, 3.63) is 77.1 Å². The van der Waals surface area contributed by atoms with E-state index in [9.17, 15) is 4.79 Å². The molecule has 0 saturated carbocycles. The van der Waals surface area contributed by atoms with Crippen molar-refractivity contribution in [2.24, 2.45) is 0 Å². The molecular weight excluding hydrogens is 322 g/mol. The highest BCUT2D eigenvalue weighted by atomic mass is 35.5. The summed E-state index contributed by atoms with van der Waals surface area (Å²) in [4.78, 5) is 12.1. The number of amides is 1. The van der Waals surface area contributed by atoms with Crippen LogP contribution in [0.15, 0.2) is 60.9 Å². The quantitative estimate of drug-likeness (QED) is 0.748. The molecule has 3 aromatic rings. The number of aromatic nitrogens is 2. The van der Waals surface area contributed by atoms with Gasteiger partial charge in [0.05, 0.1) is 22.6 Å². The largest absolute Gasteiger partial charge is 0.325 e. The van der Waals surface area contributed by atoms with Gasteiger partial charge in [-0.15, -0.1) is 0 Å². The predicted octanol–water partition coefficient (Wildman–Crippen LogP) is 4.41. The molecule has 0 aliphatic carbocycles. The summed E-state index contributed by atoms with van der Waals surface area (Å²) < 4.78 is 1.81. The van der Waals surface area contributed by atoms with E-state index in [-0.39, 0.29) is 5.91 Å². The van der Waals surface area contributed by atoms with E-state index in [1.165, 1.54) is 0 Å². The summed E-state index contributed by atoms with van der Waals surface area (Å²) in [6, 6.07) is 15.5. The number of benzene rings is 2. The van der Waals surface area contributed by atoms with Gasteiger partial charge in [0.2, 0.25) is 5.91 Å². The van der Waals surface area contributed by atoms with Gasteiger partial charge in [-0.3, -0.25) is 4.79 Å². The fourth-order valence-corrected chi connectivity index (χ4v) is 2.69. The minimum absolute atomic E-state index is 0.0618. The van der Waals surface area contributed by atoms with Crippen molar-refractivity contribution < 1.29 is 4.79 Å². The van der Waals surface area contributed by atoms with Crippen LogP contribution in [0.1, 0.15) is 17.5 Å². The normalized spacial score (nSPS) is 10.6. The molecule has 1 amide bonds. The maximum absolute atomic E-state index is 12.1. The van der Waals surface area contributed by atoms with Gasteiger partial charge in [0, 0.05) is 12.6 Å². The van der Waals surface area contributed by atoms with Gasteiger partial charge in [-0.2, -0.15) is 5.10 Å². The van der Waals surface area contributed by atoms with Gasteiger partial charge >= 0.3 is 0 Å². The Hall–Kier alpha value is -2.59. The molecule has 0 unspecified atom stereocenters. The number of rotatable bonds is 5. The molecule has 5 heteroatoms. The number of anilines is 1. The van der Waals surface area contributed by atoms with Crippen LogP contribution in [0.5, 0.6) is 0 Å². The Bertz CT molecular complexity index is 843. The Balaban J connectivity index is 1.58. The zero-order chi connectivity index (χ0) is 16.9. The summed E-state index contributed by atoms with van der Waals surface area (Å²) >= 11 is 6.13. The molecule has 4 nitrogen and oxygen atoms in total. The molecule has 1 heterocycles. The van der Waals surface area contributed by atoms with Crippen molar-refractivity contribution in [1.82, 2.24) is 9.78 Å². The number of hydrogen-bond donors (Lipinski definition) is 1. The number of carbonyl (C=O) groups excluding carboxylic acids is 1. The summed E-state index contributed by atoms with van der Waals surface area (Å²) in [6.45, 7) is 1.96. The van der Waals surface area contributed by atoms with Crippen molar-refractivity contribution in [1.29, 1.82) is 0 Å². The average Bonchev–Trinajstić information content (AvgIpc) is 3.05. The lowest BCUT2D eigenvalue weighted by Gasteiger charge is -2.07. The number of para-hydroxylation sites is 1. The molecule has 0 aliphatic heterocycles. The Morgan fingerprint density at radius 2 is 2.00 bits per heavy atom. The molecule has 0 radical (unpaired) electrons. The van der Waals surface area contributed by atoms with Crippen molar-refractivity contribution in [2.75, 3.05) is 5.32 Å². The smallest absolute Gasteiger partial charge is 0.224 e. The van der Waals surface area contributed by atoms with E-state index in [1.807, 2.05) is 66.3 Å². The molecule has 24 heavy (non-hydrogen) atoms. The summed E-state index contributed by atoms with van der Waals surface area (Å²) in [5.74, 6) is -0.0618. The van der Waals surface area contributed by atoms with Crippen molar-refractivity contribution in [3.8, 4) is 5.69 Å². The SMILES string of the molecule is Cc1ccc(NC(=O)CCc2cnn(-c3ccccc3)c2)c(Cl)c1. The second-order valence-electron chi connectivity index (χ2n) is 5.66. The fourth-order valence-electron chi connectivity index (χ4n) is 2.40. The first-order chi connectivity index (χ1) is 11.6. The molecule has 0 saturated heterocycles. The van der Waals surface area contributed by atoms with Crippen molar-refractivity contribution >= 4 is 23.2 Å². The maximum Gasteiger partial charge on any atom is 0.224 e. The molecule has 122 valence electrons. The Kier molecular flexibility index (Phi) is 4.96. The Labute approximate surface area is 146 Å². The first kappa shape index (κ1) is 16.3. The van der Waals surface area contributed by atoms with Crippen LogP contribution in [0.2, 0.25) is 5.02 Å². The van der Waals surface area contributed by atoms with Gasteiger partial charge in [-0.05, 0) is 48.7 Å². The zero-order valence-electron chi connectivity index (χ0n) is 13.4. The van der Waals surface area contributed by atoms with Crippen molar-refractivity contribution in [2.45, 2.75) is 19.8 Å². The van der Waals surface area contributed by atoms with Gasteiger partial charge in [-0.25, -0.2) is 4.68 Å². The number of carbonyl (C=O) groups is 1. The van der Waals surface area contributed by atoms with Gasteiger partial charge in [0.1, 0.15) is 0 Å². The molecule has 0 bridgehead atoms. The van der Waals surface area contributed by atoms with Gasteiger partial charge in [0.15, 0.2) is 0 Å². The third-order valence-corrected chi connectivity index (χ3v) is 4.01. The second-order valence-corrected chi connectivity index (χ2v) is 6.07. The highest BCUT2D eigenvalue weighted by molar-refractivity contribution is 6.33. The molecule has 1 N–H and O–H groups in total. The summed E-state index contributed by atoms with van der Waals surface area (Å²) in [6.07, 6.45) is 4.74. The van der Waals surface area contributed by atoms with E-state index in [0.717, 1.165) is 16.8 Å². The number of aryl methyl sites for hydroxylation is 2. The number of nitrogens with zero attached hydrogens (tertiary/aromatic N) is 2. The molecule has 3 rings (SSSR count). The molecular formula is C19H18ClN3O. The standard InChI is InChI=1S/C19H18ClN3O/c1-14-7-9-18(17(20)11-14)22-19(24)10-8-15-12-21-23(13-15)16-5-3-2-4-6-16/h2-7,9,11-13H,8,10H2,1H3,(H,22,24). The lowest BCUT2D eigenvalue weighted by Crippen LogP contribution is -2.12. The van der Waals surface area contributed by atoms with Crippen LogP contribution < -0.4 is 5.32 Å². The third-order valence-electron chi connectivity index (χ3n) is 3.70. The molecule has 0 aliphatic rings. The first-order valence-electron chi connectivity index (χ1n) is 7.77. The third kappa shape index (κ3) is 4.03. The summed E-state index contributed by atoms with van der Waals surface area (Å²) in [5.41, 5.74) is 3.72. The van der Waals surface area contributed by atoms with E-state index < -0.39 is 0 Å². The molecule has 1 aromatic heterocycles. The van der Waals surface area contributed by atoms with Crippen LogP contribution >= 0.6 is 11.6 Å². The summed E-state index contributed by atoms with van der Waals surface area (Å²) in [5, 5.41) is 7.74. The predicted molar refractivity (Wildman–Crippen MR) is 96.7 cm³/mol. The average molecular weight is 340 g/mol. The van der Waals surface area contributed by atoms with E-state index in [0.29, 0.717) is 23.6 Å². The Morgan fingerprint density at radius 3 is 2.75 bits per heavy atom. The van der Waals surface area contributed by atoms with E-state index in [2.05, 4.69) is 10.4 Å². The van der Waals surface area contributed by atoms with Crippen LogP contribution in [0.4, 0.5) is 5.69 Å². The minimum Gasteiger partial charge on any atom is -0.325 e. The topological polar surface area (TPSA) is 46.9 Å². The number of halogens is 1. The molecule has 0 atom stereocenters. The van der Waals surface area contributed by atoms with Gasteiger partial charge < -0.3 is 5.32 Å². The van der Waals surface area contributed by atoms with Crippen LogP contribution in [0.3, 0.4) is 0 Å². The van der Waals surface area contributed by atoms with Gasteiger partial charge in [0.25, 0.3) is 0 Å². The van der Waals surface area contributed by atoms with Crippen molar-refractivity contribution in [3.63, 3.8) is 0 Å². The van der Waals surface area contributed by atoms with Crippen LogP contribution in [-0.2, 0) is 11.2 Å². The fraction of sp³-hybridized carbons (Fsp3) is 0.158. The minimum atomic E-state index is -0.0618. The lowest BCUT2D eigenvalue weighted by molar-refractivity contribution is -0.116. The van der Waals surface area contributed by atoms with E-state index >= 15 is 0 Å². The lowest BCUT2D eigenvalue weighted by atomic mass is 10.2. The molecule has 0 fully saturated rings. The van der Waals surface area contributed by atoms with Crippen LogP contribution in [0.25, 0.3) is 5.69 Å². The molecule has 2 aromatic carbocycles. The Morgan fingerprint density at radius 1 is 1.21 bits per heavy atom. The summed E-state index contributed by atoms with van der Waals surface area (Å²) in [7, 11) is 0. The zero-order valence-corrected chi connectivity index (χ0v) is 14.1. The van der Waals surface area contributed by atoms with E-state index in [1.54, 1.807) is 6.20 Å². The highest BCUT2D eigenvalue weighted by Crippen LogP contribution is 2.23. The monoisotopic (exact) mass is 339 g/mol. The first-order valence-corrected chi connectivity index (χ1v) is 8.14. The second kappa shape index (κ2) is 7.32. The van der Waals surface area contributed by atoms with Crippen LogP contribution in [0, 0.1) is 6.92 Å². The van der Waals surface area contributed by atoms with E-state index in [4.69, 9.17) is 11.6 Å². The highest BCUT2D eigenvalue weighted by Gasteiger charge is 2.08. The van der Waals surface area contributed by atoms with Gasteiger partial charge in [-0.1, -0.05) is 35.9 Å². The van der Waals surface area contributed by atoms with Crippen LogP contribution in [-0.4, -0.2) is 15.7 Å². The molecule has 0 spiro atoms. The number of nitrogens with one attached hydrogen (secondary N) is 1. The maximum atomic E-state index is 12.1.